The molecule has 0 saturated carbocycles. The van der Waals surface area contributed by atoms with Crippen LogP contribution in [0.3, 0.4) is 0 Å². The molecule has 0 unspecified atom stereocenters. The predicted octanol–water partition coefficient (Wildman–Crippen LogP) is 2.92. The third-order valence-electron chi connectivity index (χ3n) is 2.14. The van der Waals surface area contributed by atoms with Crippen LogP contribution in [0.25, 0.3) is 0 Å². The van der Waals surface area contributed by atoms with Gasteiger partial charge >= 0.3 is 0 Å². The number of hydrogen-bond acceptors (Lipinski definition) is 2. The van der Waals surface area contributed by atoms with E-state index >= 15 is 0 Å². The van der Waals surface area contributed by atoms with E-state index in [4.69, 9.17) is 4.74 Å². The van der Waals surface area contributed by atoms with Crippen molar-refractivity contribution < 1.29 is 4.74 Å². The maximum absolute atomic E-state index is 5.08. The van der Waals surface area contributed by atoms with Gasteiger partial charge in [0.1, 0.15) is 0 Å². The van der Waals surface area contributed by atoms with E-state index in [1.165, 1.54) is 5.69 Å². The monoisotopic (exact) mass is 257 g/mol. The number of hydrogen-bond donors (Lipinski definition) is 0. The van der Waals surface area contributed by atoms with E-state index in [0.717, 1.165) is 24.2 Å². The van der Waals surface area contributed by atoms with E-state index in [2.05, 4.69) is 46.0 Å². The van der Waals surface area contributed by atoms with Crippen LogP contribution < -0.4 is 4.90 Å². The summed E-state index contributed by atoms with van der Waals surface area (Å²) in [6.45, 7) is 4.83. The molecule has 0 aliphatic rings. The number of methoxy groups -OCH3 is 1. The number of rotatable bonds is 5. The zero-order chi connectivity index (χ0) is 10.4. The molecule has 0 N–H and O–H groups in total. The number of anilines is 1. The molecule has 1 aromatic rings. The molecule has 0 fully saturated rings. The molecular formula is C11H16BrNO. The summed E-state index contributed by atoms with van der Waals surface area (Å²) in [5.41, 5.74) is 1.23. The normalized spacial score (nSPS) is 10.2. The molecule has 0 aliphatic heterocycles. The maximum Gasteiger partial charge on any atom is 0.0637 e. The number of likely N-dealkylation sites (N-methyl/N-ethyl adjacent to an activating group) is 1. The second-order valence-corrected chi connectivity index (χ2v) is 3.88. The molecule has 2 nitrogen and oxygen atoms in total. The van der Waals surface area contributed by atoms with Gasteiger partial charge in [-0.1, -0.05) is 12.1 Å². The van der Waals surface area contributed by atoms with Crippen LogP contribution in [0.4, 0.5) is 5.69 Å². The van der Waals surface area contributed by atoms with Gasteiger partial charge in [-0.25, -0.2) is 0 Å². The fourth-order valence-electron chi connectivity index (χ4n) is 1.36. The highest BCUT2D eigenvalue weighted by molar-refractivity contribution is 9.10. The zero-order valence-corrected chi connectivity index (χ0v) is 10.3. The molecule has 0 aliphatic carbocycles. The van der Waals surface area contributed by atoms with Crippen molar-refractivity contribution in [3.05, 3.63) is 28.7 Å². The molecule has 0 saturated heterocycles. The van der Waals surface area contributed by atoms with E-state index < -0.39 is 0 Å². The van der Waals surface area contributed by atoms with Crippen molar-refractivity contribution in [3.63, 3.8) is 0 Å². The van der Waals surface area contributed by atoms with Gasteiger partial charge in [0.25, 0.3) is 0 Å². The third-order valence-corrected chi connectivity index (χ3v) is 2.81. The summed E-state index contributed by atoms with van der Waals surface area (Å²) in [7, 11) is 1.73. The van der Waals surface area contributed by atoms with Gasteiger partial charge in [0.15, 0.2) is 0 Å². The minimum atomic E-state index is 0.759. The molecule has 0 heterocycles. The number of benzene rings is 1. The van der Waals surface area contributed by atoms with E-state index in [9.17, 15) is 0 Å². The van der Waals surface area contributed by atoms with Crippen LogP contribution in [0.15, 0.2) is 28.7 Å². The van der Waals surface area contributed by atoms with Gasteiger partial charge in [0.05, 0.1) is 12.3 Å². The molecule has 0 atom stereocenters. The Bertz CT molecular complexity index is 278. The van der Waals surface area contributed by atoms with Gasteiger partial charge < -0.3 is 9.64 Å². The lowest BCUT2D eigenvalue weighted by molar-refractivity contribution is 0.205. The highest BCUT2D eigenvalue weighted by Gasteiger charge is 2.06. The Labute approximate surface area is 94.0 Å². The lowest BCUT2D eigenvalue weighted by Crippen LogP contribution is -2.26. The van der Waals surface area contributed by atoms with Gasteiger partial charge in [-0.3, -0.25) is 0 Å². The Hall–Kier alpha value is -0.540. The summed E-state index contributed by atoms with van der Waals surface area (Å²) in [6.07, 6.45) is 0. The summed E-state index contributed by atoms with van der Waals surface area (Å²) in [6, 6.07) is 8.25. The van der Waals surface area contributed by atoms with Crippen LogP contribution in [0.2, 0.25) is 0 Å². The minimum absolute atomic E-state index is 0.759. The average molecular weight is 258 g/mol. The van der Waals surface area contributed by atoms with Crippen molar-refractivity contribution in [1.29, 1.82) is 0 Å². The fourth-order valence-corrected chi connectivity index (χ4v) is 1.89. The van der Waals surface area contributed by atoms with Crippen LogP contribution in [-0.4, -0.2) is 26.8 Å². The Kier molecular flexibility index (Phi) is 4.98. The molecule has 0 bridgehead atoms. The first-order valence-electron chi connectivity index (χ1n) is 4.78. The Morgan fingerprint density at radius 3 is 2.64 bits per heavy atom. The third kappa shape index (κ3) is 3.00. The first-order valence-corrected chi connectivity index (χ1v) is 5.57. The molecule has 78 valence electrons. The smallest absolute Gasteiger partial charge is 0.0637 e. The summed E-state index contributed by atoms with van der Waals surface area (Å²) < 4.78 is 6.22. The molecule has 0 amide bonds. The number of para-hydroxylation sites is 1. The first kappa shape index (κ1) is 11.5. The quantitative estimate of drug-likeness (QED) is 0.805. The van der Waals surface area contributed by atoms with Gasteiger partial charge in [-0.2, -0.15) is 0 Å². The van der Waals surface area contributed by atoms with Crippen LogP contribution in [0.1, 0.15) is 6.92 Å². The Balaban J connectivity index is 2.73. The molecular weight excluding hydrogens is 242 g/mol. The summed E-state index contributed by atoms with van der Waals surface area (Å²) >= 11 is 3.55. The Morgan fingerprint density at radius 1 is 1.36 bits per heavy atom. The zero-order valence-electron chi connectivity index (χ0n) is 8.66. The molecule has 0 aromatic heterocycles. The van der Waals surface area contributed by atoms with Crippen molar-refractivity contribution >= 4 is 21.6 Å². The van der Waals surface area contributed by atoms with Crippen molar-refractivity contribution in [2.75, 3.05) is 31.7 Å². The van der Waals surface area contributed by atoms with Crippen molar-refractivity contribution in [2.24, 2.45) is 0 Å². The van der Waals surface area contributed by atoms with E-state index in [0.29, 0.717) is 0 Å². The molecule has 0 radical (unpaired) electrons. The molecule has 0 spiro atoms. The summed E-state index contributed by atoms with van der Waals surface area (Å²) in [5, 5.41) is 0. The van der Waals surface area contributed by atoms with Crippen molar-refractivity contribution in [3.8, 4) is 0 Å². The Morgan fingerprint density at radius 2 is 2.07 bits per heavy atom. The lowest BCUT2D eigenvalue weighted by atomic mass is 10.3. The topological polar surface area (TPSA) is 12.5 Å². The highest BCUT2D eigenvalue weighted by atomic mass is 79.9. The second kappa shape index (κ2) is 6.04. The van der Waals surface area contributed by atoms with E-state index in [-0.39, 0.29) is 0 Å². The SMILES string of the molecule is CCN(CCOC)c1ccccc1Br. The number of ether oxygens (including phenoxy) is 1. The lowest BCUT2D eigenvalue weighted by Gasteiger charge is -2.23. The van der Waals surface area contributed by atoms with Crippen LogP contribution >= 0.6 is 15.9 Å². The highest BCUT2D eigenvalue weighted by Crippen LogP contribution is 2.25. The van der Waals surface area contributed by atoms with Gasteiger partial charge in [0.2, 0.25) is 0 Å². The minimum Gasteiger partial charge on any atom is -0.383 e. The molecule has 1 rings (SSSR count). The van der Waals surface area contributed by atoms with E-state index in [1.807, 2.05) is 6.07 Å². The van der Waals surface area contributed by atoms with Crippen molar-refractivity contribution in [1.82, 2.24) is 0 Å². The second-order valence-electron chi connectivity index (χ2n) is 3.02. The largest absolute Gasteiger partial charge is 0.383 e. The first-order chi connectivity index (χ1) is 6.79. The maximum atomic E-state index is 5.08. The van der Waals surface area contributed by atoms with Crippen LogP contribution in [0.5, 0.6) is 0 Å². The standard InChI is InChI=1S/C11H16BrNO/c1-3-13(8-9-14-2)11-7-5-4-6-10(11)12/h4-7H,3,8-9H2,1-2H3. The van der Waals surface area contributed by atoms with Crippen LogP contribution in [0, 0.1) is 0 Å². The van der Waals surface area contributed by atoms with Gasteiger partial charge in [-0.15, -0.1) is 0 Å². The molecule has 1 aromatic carbocycles. The average Bonchev–Trinajstić information content (AvgIpc) is 2.21. The predicted molar refractivity (Wildman–Crippen MR) is 63.9 cm³/mol. The van der Waals surface area contributed by atoms with E-state index in [1.54, 1.807) is 7.11 Å². The molecule has 3 heteroatoms. The van der Waals surface area contributed by atoms with Crippen molar-refractivity contribution in [2.45, 2.75) is 6.92 Å². The fraction of sp³-hybridized carbons (Fsp3) is 0.455. The van der Waals surface area contributed by atoms with Gasteiger partial charge in [-0.05, 0) is 35.0 Å². The number of nitrogens with zero attached hydrogens (tertiary/aromatic N) is 1. The summed E-state index contributed by atoms with van der Waals surface area (Å²) in [5.74, 6) is 0. The summed E-state index contributed by atoms with van der Waals surface area (Å²) in [4.78, 5) is 2.29. The molecule has 14 heavy (non-hydrogen) atoms. The number of halogens is 1. The van der Waals surface area contributed by atoms with Gasteiger partial charge in [0, 0.05) is 24.7 Å². The van der Waals surface area contributed by atoms with Crippen LogP contribution in [-0.2, 0) is 4.74 Å².